The number of piperazine rings is 3. The second kappa shape index (κ2) is 33.3. The van der Waals surface area contributed by atoms with Crippen LogP contribution >= 0.6 is 46.4 Å². The van der Waals surface area contributed by atoms with E-state index in [0.29, 0.717) is 61.5 Å². The van der Waals surface area contributed by atoms with Gasteiger partial charge in [-0.15, -0.1) is 10.2 Å². The molecular weight excluding hydrogens is 1300 g/mol. The van der Waals surface area contributed by atoms with Gasteiger partial charge >= 0.3 is 187 Å². The van der Waals surface area contributed by atoms with Crippen LogP contribution in [0.3, 0.4) is 0 Å². The second-order valence-corrected chi connectivity index (χ2v) is 23.5. The molecule has 5 heterocycles. The van der Waals surface area contributed by atoms with Crippen molar-refractivity contribution >= 4 is 120 Å². The van der Waals surface area contributed by atoms with E-state index in [0.717, 1.165) is 70.1 Å². The van der Waals surface area contributed by atoms with Crippen LogP contribution in [0.25, 0.3) is 0 Å². The average molecular weight is 1360 g/mol. The summed E-state index contributed by atoms with van der Waals surface area (Å²) in [6, 6.07) is 27.5. The van der Waals surface area contributed by atoms with Crippen molar-refractivity contribution in [3.05, 3.63) is 192 Å². The van der Waals surface area contributed by atoms with Crippen LogP contribution in [-0.2, 0) is 4.70 Å². The number of hydrogen-bond donors (Lipinski definition) is 5. The minimum absolute atomic E-state index is 0. The van der Waals surface area contributed by atoms with E-state index in [9.17, 15) is 37.5 Å². The molecule has 8 N–H and O–H groups in total. The van der Waals surface area contributed by atoms with Crippen molar-refractivity contribution in [2.75, 3.05) is 128 Å². The van der Waals surface area contributed by atoms with E-state index in [1.807, 2.05) is 23.9 Å². The number of halogens is 6. The Labute approximate surface area is 564 Å². The Hall–Kier alpha value is -8.82. The summed E-state index contributed by atoms with van der Waals surface area (Å²) in [7, 11) is 6.51. The number of likely N-dealkylation sites (N-methyl/N-ethyl adjacent to an activating group) is 3. The fourth-order valence-electron chi connectivity index (χ4n) is 9.62. The third-order valence-electron chi connectivity index (χ3n) is 15.2. The molecule has 0 aliphatic carbocycles. The number of anilines is 5. The molecule has 489 valence electrons. The Morgan fingerprint density at radius 1 is 0.521 bits per heavy atom. The predicted molar refractivity (Wildman–Crippen MR) is 359 cm³/mol. The molecule has 3 aliphatic rings. The number of ether oxygens (including phenoxy) is 2. The zero-order chi connectivity index (χ0) is 67.2. The zero-order valence-corrected chi connectivity index (χ0v) is 54.7. The van der Waals surface area contributed by atoms with Crippen molar-refractivity contribution in [2.24, 2.45) is 0 Å². The van der Waals surface area contributed by atoms with Gasteiger partial charge in [0.1, 0.15) is 11.9 Å². The molecule has 5 aromatic carbocycles. The Bertz CT molecular complexity index is 3890. The number of benzene rings is 5. The van der Waals surface area contributed by atoms with Gasteiger partial charge in [0, 0.05) is 126 Å². The van der Waals surface area contributed by atoms with Crippen LogP contribution in [0.15, 0.2) is 121 Å². The summed E-state index contributed by atoms with van der Waals surface area (Å²) < 4.78 is 51.3. The molecule has 3 aliphatic heterocycles. The number of nitrogens with one attached hydrogen (secondary N) is 2. The van der Waals surface area contributed by atoms with Crippen molar-refractivity contribution < 1.29 is 46.9 Å². The minimum atomic E-state index is -1.33. The number of nitrogen functional groups attached to an aromatic ring is 3. The first-order valence-electron chi connectivity index (χ1n) is 29.0. The molecule has 2 aromatic heterocycles. The number of nitrogens with two attached hydrogens (primary N) is 3. The summed E-state index contributed by atoms with van der Waals surface area (Å²) in [5.41, 5.74) is 20.5. The molecule has 0 spiro atoms. The Morgan fingerprint density at radius 2 is 0.862 bits per heavy atom. The van der Waals surface area contributed by atoms with Crippen molar-refractivity contribution in [1.82, 2.24) is 49.8 Å². The molecule has 3 radical (unpaired) electrons. The van der Waals surface area contributed by atoms with Gasteiger partial charge in [-0.2, -0.15) is 0 Å². The molecule has 3 fully saturated rings. The number of amides is 5. The van der Waals surface area contributed by atoms with Gasteiger partial charge in [-0.25, -0.2) is 4.39 Å². The molecule has 31 heteroatoms. The van der Waals surface area contributed by atoms with Crippen molar-refractivity contribution in [3.8, 4) is 11.5 Å². The summed E-state index contributed by atoms with van der Waals surface area (Å²) in [4.78, 5) is 75.3. The number of carbonyl (C=O) groups excluding carboxylic acids is 5. The predicted octanol–water partition coefficient (Wildman–Crippen LogP) is 8.39. The third-order valence-corrected chi connectivity index (χ3v) is 16.6. The minimum Gasteiger partial charge on any atom is -0.482 e. The second-order valence-electron chi connectivity index (χ2n) is 21.9. The van der Waals surface area contributed by atoms with Gasteiger partial charge in [-0.1, -0.05) is 23.2 Å². The van der Waals surface area contributed by atoms with Gasteiger partial charge in [-0.05, 0) is 88.7 Å². The van der Waals surface area contributed by atoms with Crippen molar-refractivity contribution in [3.63, 3.8) is 0 Å². The summed E-state index contributed by atoms with van der Waals surface area (Å²) in [5.74, 6) is -3.04. The van der Waals surface area contributed by atoms with E-state index >= 15 is 0 Å². The van der Waals surface area contributed by atoms with Crippen LogP contribution in [0.4, 0.5) is 37.5 Å². The van der Waals surface area contributed by atoms with Crippen LogP contribution in [0, 0.1) is 11.6 Å². The Morgan fingerprint density at radius 3 is 1.23 bits per heavy atom. The fourth-order valence-corrected chi connectivity index (χ4v) is 10.9. The van der Waals surface area contributed by atoms with Gasteiger partial charge < -0.3 is 50.9 Å². The van der Waals surface area contributed by atoms with E-state index in [4.69, 9.17) is 73.1 Å². The normalized spacial score (nSPS) is 14.9. The summed E-state index contributed by atoms with van der Waals surface area (Å²) in [5, 5.41) is 20.3. The molecule has 1 unspecified atom stereocenters. The first-order valence-corrected chi connectivity index (χ1v) is 30.5. The standard InChI is InChI=1S/C26H24BCl2FN6O4.C25H25Cl2FN6O3.C12H17N3O.B/c1-14(27-39)23(21-17(28)7-8-18(30)22(21)29)40-20-13-19(33-34-24(20)31)25(37)32-16-5-3-15(4-6-16)26(38)36-11-9-35(2)10-12-36;1-14(21-17(26)7-8-18(28)22(21)27)37-20-13-19(31-32-23(20)29)24(35)30-16-5-3-15(4-6-16)25(36)34-11-9-33(2)10-12-34;1-14-6-8-15(9-7-14)12(16)10-2-4-11(13)5-3-10;/h3-8,13,23H,1,9-12H2,2H3,(H2,31,34)(H,32,37);3-8,13-14H,9-12H2,1-2H3,(H2,29,32)(H,30,35);2-5H,6-9,13H2,1H3;/t;14-;;/m.1../s1. The molecule has 3 saturated heterocycles. The molecule has 23 nitrogen and oxygen atoms in total. The van der Waals surface area contributed by atoms with Gasteiger partial charge in [0.2, 0.25) is 0 Å². The van der Waals surface area contributed by atoms with E-state index < -0.39 is 35.7 Å². The monoisotopic (exact) mass is 1360 g/mol. The van der Waals surface area contributed by atoms with Crippen LogP contribution in [0.2, 0.25) is 20.1 Å². The van der Waals surface area contributed by atoms with Gasteiger partial charge in [0.15, 0.2) is 17.3 Å². The Balaban J connectivity index is 0.000000214. The number of rotatable bonds is 15. The summed E-state index contributed by atoms with van der Waals surface area (Å²) in [6.45, 7) is 14.6. The number of carbonyl (C=O) groups is 5. The zero-order valence-electron chi connectivity index (χ0n) is 51.6. The number of nitrogens with zero attached hydrogens (tertiary/aromatic N) is 10. The number of hydrogen-bond acceptors (Lipinski definition) is 18. The molecule has 94 heavy (non-hydrogen) atoms. The van der Waals surface area contributed by atoms with Gasteiger partial charge in [0.25, 0.3) is 23.6 Å². The molecule has 5 amide bonds. The van der Waals surface area contributed by atoms with E-state index in [-0.39, 0.29) is 97.3 Å². The maximum Gasteiger partial charge on any atom is 0.276 e. The van der Waals surface area contributed by atoms with E-state index in [2.05, 4.69) is 59.4 Å². The fraction of sp³-hybridized carbons (Fsp3) is 0.286. The van der Waals surface area contributed by atoms with Gasteiger partial charge in [-0.3, -0.25) is 19.2 Å². The third kappa shape index (κ3) is 18.7. The first kappa shape index (κ1) is 72.6. The topological polar surface area (TPSA) is 294 Å². The first-order chi connectivity index (χ1) is 44.4. The molecular formula is C63H66B2Cl4F2N15O8. The smallest absolute Gasteiger partial charge is 0.276 e. The summed E-state index contributed by atoms with van der Waals surface area (Å²) >= 11 is 24.6. The molecule has 10 rings (SSSR count). The molecule has 0 bridgehead atoms. The van der Waals surface area contributed by atoms with E-state index in [1.54, 1.807) is 84.6 Å². The maximum absolute atomic E-state index is 14.2. The molecule has 2 atom stereocenters. The van der Waals surface area contributed by atoms with Crippen molar-refractivity contribution in [2.45, 2.75) is 19.1 Å². The van der Waals surface area contributed by atoms with Crippen molar-refractivity contribution in [1.29, 1.82) is 0 Å². The van der Waals surface area contributed by atoms with Crippen LogP contribution in [0.1, 0.15) is 82.3 Å². The SMILES string of the molecule is C=C(B=O)C(Oc1cc(C(=O)Nc2ccc(C(=O)N3CCN(C)CC3)cc2)nnc1N)c1c(Cl)ccc(F)c1Cl.CN1CCN(C(=O)c2ccc(N)cc2)CC1.C[C@@H](Oc1cc(C(=O)Nc2ccc(C(=O)N3CCN(C)CC3)cc2)nnc1N)c1c(Cl)ccc(F)c1Cl.[B]. The molecule has 7 aromatic rings. The summed E-state index contributed by atoms with van der Waals surface area (Å²) in [6.07, 6.45) is -2.13. The quantitative estimate of drug-likeness (QED) is 0.0366. The Kier molecular flexibility index (Phi) is 25.7. The largest absolute Gasteiger partial charge is 0.482 e. The maximum atomic E-state index is 14.2. The van der Waals surface area contributed by atoms with Gasteiger partial charge in [0.05, 0.1) is 5.02 Å². The van der Waals surface area contributed by atoms with Crippen LogP contribution in [0.5, 0.6) is 11.5 Å². The van der Waals surface area contributed by atoms with Crippen LogP contribution in [-0.4, -0.2) is 195 Å². The van der Waals surface area contributed by atoms with Crippen LogP contribution < -0.4 is 37.3 Å². The average Bonchev–Trinajstić information content (AvgIpc) is 0.825. The number of aromatic nitrogens is 4. The molecule has 0 saturated carbocycles. The van der Waals surface area contributed by atoms with E-state index in [1.165, 1.54) is 24.3 Å².